The smallest absolute Gasteiger partial charge is 0.0348 e. The van der Waals surface area contributed by atoms with Gasteiger partial charge in [0.15, 0.2) is 0 Å². The third-order valence-corrected chi connectivity index (χ3v) is 5.01. The van der Waals surface area contributed by atoms with Crippen LogP contribution in [-0.4, -0.2) is 12.8 Å². The van der Waals surface area contributed by atoms with Gasteiger partial charge >= 0.3 is 0 Å². The summed E-state index contributed by atoms with van der Waals surface area (Å²) in [5.41, 5.74) is 1.48. The predicted molar refractivity (Wildman–Crippen MR) is 85.8 cm³/mol. The van der Waals surface area contributed by atoms with Gasteiger partial charge in [0.05, 0.1) is 0 Å². The zero-order chi connectivity index (χ0) is 13.5. The van der Waals surface area contributed by atoms with Crippen molar-refractivity contribution in [3.63, 3.8) is 0 Å². The number of hydrogen-bond acceptors (Lipinski definition) is 2. The molecule has 1 N–H and O–H groups in total. The van der Waals surface area contributed by atoms with Crippen LogP contribution in [0.2, 0.25) is 0 Å². The van der Waals surface area contributed by atoms with Crippen LogP contribution in [0.25, 0.3) is 0 Å². The van der Waals surface area contributed by atoms with Crippen LogP contribution in [0.4, 0.5) is 0 Å². The van der Waals surface area contributed by atoms with E-state index in [1.807, 2.05) is 11.8 Å². The molecule has 0 aliphatic heterocycles. The highest BCUT2D eigenvalue weighted by Crippen LogP contribution is 2.34. The molecule has 1 nitrogen and oxygen atoms in total. The van der Waals surface area contributed by atoms with Crippen molar-refractivity contribution >= 4 is 11.8 Å². The van der Waals surface area contributed by atoms with E-state index in [9.17, 15) is 0 Å². The highest BCUT2D eigenvalue weighted by atomic mass is 32.2. The van der Waals surface area contributed by atoms with Gasteiger partial charge in [0.25, 0.3) is 0 Å². The lowest BCUT2D eigenvalue weighted by Crippen LogP contribution is -2.28. The molecule has 0 heterocycles. The first-order chi connectivity index (χ1) is 9.35. The van der Waals surface area contributed by atoms with Crippen molar-refractivity contribution in [3.8, 4) is 0 Å². The standard InChI is InChI=1S/C17H27NS/c1-3-18-17(14-8-6-4-5-7-9-14)15-10-12-16(19-2)13-11-15/h10-14,17-18H,3-9H2,1-2H3. The summed E-state index contributed by atoms with van der Waals surface area (Å²) < 4.78 is 0. The quantitative estimate of drug-likeness (QED) is 0.598. The van der Waals surface area contributed by atoms with Crippen LogP contribution in [0.5, 0.6) is 0 Å². The van der Waals surface area contributed by atoms with Crippen molar-refractivity contribution in [1.29, 1.82) is 0 Å². The topological polar surface area (TPSA) is 12.0 Å². The van der Waals surface area contributed by atoms with Crippen LogP contribution in [-0.2, 0) is 0 Å². The summed E-state index contributed by atoms with van der Waals surface area (Å²) in [5, 5.41) is 3.73. The van der Waals surface area contributed by atoms with E-state index >= 15 is 0 Å². The number of thioether (sulfide) groups is 1. The van der Waals surface area contributed by atoms with E-state index in [2.05, 4.69) is 42.8 Å². The fraction of sp³-hybridized carbons (Fsp3) is 0.647. The average Bonchev–Trinajstić information content (AvgIpc) is 2.74. The van der Waals surface area contributed by atoms with Crippen molar-refractivity contribution in [1.82, 2.24) is 5.32 Å². The molecule has 1 atom stereocenters. The van der Waals surface area contributed by atoms with Gasteiger partial charge in [-0.2, -0.15) is 0 Å². The maximum absolute atomic E-state index is 3.73. The zero-order valence-electron chi connectivity index (χ0n) is 12.3. The first kappa shape index (κ1) is 14.9. The molecule has 1 aromatic rings. The molecule has 1 unspecified atom stereocenters. The summed E-state index contributed by atoms with van der Waals surface area (Å²) in [6.07, 6.45) is 10.6. The van der Waals surface area contributed by atoms with Crippen LogP contribution in [0.15, 0.2) is 29.2 Å². The summed E-state index contributed by atoms with van der Waals surface area (Å²) in [4.78, 5) is 1.36. The second kappa shape index (κ2) is 7.96. The number of hydrogen-bond donors (Lipinski definition) is 1. The summed E-state index contributed by atoms with van der Waals surface area (Å²) in [7, 11) is 0. The van der Waals surface area contributed by atoms with E-state index in [1.165, 1.54) is 49.0 Å². The summed E-state index contributed by atoms with van der Waals surface area (Å²) >= 11 is 1.82. The Balaban J connectivity index is 2.12. The van der Waals surface area contributed by atoms with Gasteiger partial charge in [-0.15, -0.1) is 11.8 Å². The van der Waals surface area contributed by atoms with Crippen molar-refractivity contribution in [3.05, 3.63) is 29.8 Å². The van der Waals surface area contributed by atoms with Gasteiger partial charge in [-0.3, -0.25) is 0 Å². The van der Waals surface area contributed by atoms with E-state index in [1.54, 1.807) is 0 Å². The Kier molecular flexibility index (Phi) is 6.25. The van der Waals surface area contributed by atoms with Crippen LogP contribution >= 0.6 is 11.8 Å². The predicted octanol–water partition coefficient (Wildman–Crippen LogP) is 5.03. The Hall–Kier alpha value is -0.470. The van der Waals surface area contributed by atoms with Gasteiger partial charge in [0.2, 0.25) is 0 Å². The molecule has 2 heteroatoms. The van der Waals surface area contributed by atoms with Gasteiger partial charge in [0, 0.05) is 10.9 Å². The number of rotatable bonds is 5. The molecule has 0 amide bonds. The Labute approximate surface area is 122 Å². The van der Waals surface area contributed by atoms with Crippen molar-refractivity contribution in [2.45, 2.75) is 56.4 Å². The molecule has 0 saturated heterocycles. The SMILES string of the molecule is CCNC(c1ccc(SC)cc1)C1CCCCCC1. The average molecular weight is 277 g/mol. The molecule has 2 rings (SSSR count). The highest BCUT2D eigenvalue weighted by molar-refractivity contribution is 7.98. The van der Waals surface area contributed by atoms with Crippen LogP contribution in [0.1, 0.15) is 57.1 Å². The lowest BCUT2D eigenvalue weighted by Gasteiger charge is -2.27. The second-order valence-electron chi connectivity index (χ2n) is 5.56. The van der Waals surface area contributed by atoms with E-state index < -0.39 is 0 Å². The first-order valence-electron chi connectivity index (χ1n) is 7.72. The van der Waals surface area contributed by atoms with E-state index in [-0.39, 0.29) is 0 Å². The molecule has 19 heavy (non-hydrogen) atoms. The molecule has 0 radical (unpaired) electrons. The molecular weight excluding hydrogens is 250 g/mol. The van der Waals surface area contributed by atoms with Gasteiger partial charge < -0.3 is 5.32 Å². The molecule has 1 aliphatic rings. The van der Waals surface area contributed by atoms with Crippen molar-refractivity contribution in [2.24, 2.45) is 5.92 Å². The molecule has 0 aromatic heterocycles. The fourth-order valence-corrected chi connectivity index (χ4v) is 3.64. The van der Waals surface area contributed by atoms with Gasteiger partial charge in [-0.05, 0) is 49.3 Å². The lowest BCUT2D eigenvalue weighted by atomic mass is 9.87. The second-order valence-corrected chi connectivity index (χ2v) is 6.44. The minimum atomic E-state index is 0.555. The van der Waals surface area contributed by atoms with Gasteiger partial charge in [-0.25, -0.2) is 0 Å². The molecule has 1 aliphatic carbocycles. The Morgan fingerprint density at radius 2 is 1.74 bits per heavy atom. The number of nitrogens with one attached hydrogen (secondary N) is 1. The van der Waals surface area contributed by atoms with E-state index in [4.69, 9.17) is 0 Å². The third-order valence-electron chi connectivity index (χ3n) is 4.27. The molecule has 106 valence electrons. The summed E-state index contributed by atoms with van der Waals surface area (Å²) in [6, 6.07) is 9.73. The molecule has 1 saturated carbocycles. The lowest BCUT2D eigenvalue weighted by molar-refractivity contribution is 0.330. The van der Waals surface area contributed by atoms with Crippen LogP contribution < -0.4 is 5.32 Å². The zero-order valence-corrected chi connectivity index (χ0v) is 13.1. The normalized spacial score (nSPS) is 19.1. The van der Waals surface area contributed by atoms with Gasteiger partial charge in [-0.1, -0.05) is 44.7 Å². The minimum Gasteiger partial charge on any atom is -0.310 e. The Morgan fingerprint density at radius 3 is 2.26 bits per heavy atom. The maximum atomic E-state index is 3.73. The Bertz CT molecular complexity index is 352. The summed E-state index contributed by atoms with van der Waals surface area (Å²) in [6.45, 7) is 3.28. The van der Waals surface area contributed by atoms with Crippen LogP contribution in [0, 0.1) is 5.92 Å². The first-order valence-corrected chi connectivity index (χ1v) is 8.95. The molecule has 0 spiro atoms. The molecule has 1 fully saturated rings. The maximum Gasteiger partial charge on any atom is 0.0348 e. The summed E-state index contributed by atoms with van der Waals surface area (Å²) in [5.74, 6) is 0.822. The molecule has 1 aromatic carbocycles. The molecule has 0 bridgehead atoms. The monoisotopic (exact) mass is 277 g/mol. The number of benzene rings is 1. The van der Waals surface area contributed by atoms with Crippen LogP contribution in [0.3, 0.4) is 0 Å². The Morgan fingerprint density at radius 1 is 1.11 bits per heavy atom. The highest BCUT2D eigenvalue weighted by Gasteiger charge is 2.23. The molecular formula is C17H27NS. The van der Waals surface area contributed by atoms with E-state index in [0.29, 0.717) is 6.04 Å². The fourth-order valence-electron chi connectivity index (χ4n) is 3.23. The van der Waals surface area contributed by atoms with Crippen molar-refractivity contribution in [2.75, 3.05) is 12.8 Å². The van der Waals surface area contributed by atoms with E-state index in [0.717, 1.165) is 12.5 Å². The largest absolute Gasteiger partial charge is 0.310 e. The van der Waals surface area contributed by atoms with Crippen molar-refractivity contribution < 1.29 is 0 Å². The minimum absolute atomic E-state index is 0.555. The third kappa shape index (κ3) is 4.25. The van der Waals surface area contributed by atoms with Gasteiger partial charge in [0.1, 0.15) is 0 Å².